The van der Waals surface area contributed by atoms with Crippen LogP contribution in [0.15, 0.2) is 5.16 Å². The molecule has 0 aromatic carbocycles. The summed E-state index contributed by atoms with van der Waals surface area (Å²) in [6.07, 6.45) is 4.97. The fraction of sp³-hybridized carbons (Fsp3) is 0.833. The molecule has 24 heavy (non-hydrogen) atoms. The Morgan fingerprint density at radius 2 is 1.29 bits per heavy atom. The third-order valence-electron chi connectivity index (χ3n) is 5.19. The molecule has 5 nitrogen and oxygen atoms in total. The lowest BCUT2D eigenvalue weighted by atomic mass is 9.88. The van der Waals surface area contributed by atoms with Crippen LogP contribution >= 0.6 is 11.8 Å². The highest BCUT2D eigenvalue weighted by atomic mass is 32.2. The molecular formula is C18H35N5S. The van der Waals surface area contributed by atoms with E-state index in [-0.39, 0.29) is 11.1 Å². The van der Waals surface area contributed by atoms with E-state index in [1.54, 1.807) is 11.8 Å². The number of hydrogen-bond acceptors (Lipinski definition) is 6. The molecular weight excluding hydrogens is 318 g/mol. The Bertz CT molecular complexity index is 490. The summed E-state index contributed by atoms with van der Waals surface area (Å²) in [6.45, 7) is 10.9. The zero-order valence-electron chi connectivity index (χ0n) is 16.5. The molecule has 0 spiro atoms. The van der Waals surface area contributed by atoms with Gasteiger partial charge in [-0.15, -0.1) is 0 Å². The molecule has 1 atom stereocenters. The van der Waals surface area contributed by atoms with Crippen LogP contribution < -0.4 is 10.6 Å². The van der Waals surface area contributed by atoms with Crippen molar-refractivity contribution in [1.29, 1.82) is 0 Å². The van der Waals surface area contributed by atoms with E-state index >= 15 is 0 Å². The Morgan fingerprint density at radius 3 is 1.67 bits per heavy atom. The van der Waals surface area contributed by atoms with Crippen LogP contribution in [0.1, 0.15) is 78.4 Å². The summed E-state index contributed by atoms with van der Waals surface area (Å²) in [4.78, 5) is 14.6. The maximum atomic E-state index is 4.97. The van der Waals surface area contributed by atoms with Crippen LogP contribution in [0.5, 0.6) is 0 Å². The first-order valence-corrected chi connectivity index (χ1v) is 10.3. The monoisotopic (exact) mass is 353 g/mol. The standard InChI is InChI=1S/C18H35N5S/c1-8-13-18(11-4,20-7)15-21-14(17(9-2,10-3)19-6)22-16(23-15)24-12-5/h19-20H,8-13H2,1-7H3. The predicted molar refractivity (Wildman–Crippen MR) is 103 cm³/mol. The average Bonchev–Trinajstić information content (AvgIpc) is 2.62. The number of rotatable bonds is 11. The molecule has 1 aromatic rings. The van der Waals surface area contributed by atoms with E-state index in [4.69, 9.17) is 15.0 Å². The molecule has 0 aliphatic rings. The molecule has 0 aliphatic heterocycles. The van der Waals surface area contributed by atoms with E-state index in [0.29, 0.717) is 0 Å². The number of hydrogen-bond donors (Lipinski definition) is 2. The summed E-state index contributed by atoms with van der Waals surface area (Å²) in [6, 6.07) is 0. The van der Waals surface area contributed by atoms with Crippen molar-refractivity contribution < 1.29 is 0 Å². The molecule has 6 heteroatoms. The normalized spacial score (nSPS) is 14.6. The lowest BCUT2D eigenvalue weighted by Gasteiger charge is -2.34. The zero-order chi connectivity index (χ0) is 18.2. The maximum absolute atomic E-state index is 4.97. The van der Waals surface area contributed by atoms with Crippen LogP contribution in [0.3, 0.4) is 0 Å². The Morgan fingerprint density at radius 1 is 0.792 bits per heavy atom. The summed E-state index contributed by atoms with van der Waals surface area (Å²) in [5, 5.41) is 7.80. The van der Waals surface area contributed by atoms with Gasteiger partial charge in [0.15, 0.2) is 16.8 Å². The van der Waals surface area contributed by atoms with Gasteiger partial charge < -0.3 is 10.6 Å². The minimum atomic E-state index is -0.194. The molecule has 0 aliphatic carbocycles. The van der Waals surface area contributed by atoms with Crippen molar-refractivity contribution in [1.82, 2.24) is 25.6 Å². The number of thioether (sulfide) groups is 1. The van der Waals surface area contributed by atoms with Gasteiger partial charge in [-0.25, -0.2) is 15.0 Å². The molecule has 0 saturated heterocycles. The predicted octanol–water partition coefficient (Wildman–Crippen LogP) is 3.84. The first-order valence-electron chi connectivity index (χ1n) is 9.28. The van der Waals surface area contributed by atoms with E-state index in [2.05, 4.69) is 45.3 Å². The smallest absolute Gasteiger partial charge is 0.191 e. The van der Waals surface area contributed by atoms with Gasteiger partial charge in [-0.3, -0.25) is 0 Å². The molecule has 1 aromatic heterocycles. The van der Waals surface area contributed by atoms with Crippen molar-refractivity contribution >= 4 is 11.8 Å². The zero-order valence-corrected chi connectivity index (χ0v) is 17.3. The summed E-state index contributed by atoms with van der Waals surface area (Å²) in [7, 11) is 4.01. The molecule has 1 unspecified atom stereocenters. The van der Waals surface area contributed by atoms with Crippen molar-refractivity contribution in [3.05, 3.63) is 11.6 Å². The summed E-state index contributed by atoms with van der Waals surface area (Å²) in [5.74, 6) is 2.72. The van der Waals surface area contributed by atoms with Crippen molar-refractivity contribution in [2.45, 2.75) is 83.0 Å². The van der Waals surface area contributed by atoms with Crippen LogP contribution in [0.25, 0.3) is 0 Å². The lowest BCUT2D eigenvalue weighted by molar-refractivity contribution is 0.275. The molecule has 0 fully saturated rings. The maximum Gasteiger partial charge on any atom is 0.191 e. The third kappa shape index (κ3) is 4.27. The number of nitrogens with zero attached hydrogens (tertiary/aromatic N) is 3. The lowest BCUT2D eigenvalue weighted by Crippen LogP contribution is -2.44. The molecule has 2 N–H and O–H groups in total. The highest BCUT2D eigenvalue weighted by Crippen LogP contribution is 2.32. The van der Waals surface area contributed by atoms with Gasteiger partial charge in [-0.05, 0) is 45.5 Å². The highest BCUT2D eigenvalue weighted by molar-refractivity contribution is 7.99. The second-order valence-electron chi connectivity index (χ2n) is 6.17. The topological polar surface area (TPSA) is 62.7 Å². The number of aromatic nitrogens is 3. The van der Waals surface area contributed by atoms with Gasteiger partial charge in [0.2, 0.25) is 0 Å². The quantitative estimate of drug-likeness (QED) is 0.589. The van der Waals surface area contributed by atoms with Gasteiger partial charge in [-0.1, -0.05) is 52.8 Å². The van der Waals surface area contributed by atoms with Gasteiger partial charge in [0.25, 0.3) is 0 Å². The van der Waals surface area contributed by atoms with Crippen LogP contribution in [-0.2, 0) is 11.1 Å². The minimum Gasteiger partial charge on any atom is -0.308 e. The summed E-state index contributed by atoms with van der Waals surface area (Å²) >= 11 is 1.69. The molecule has 0 bridgehead atoms. The van der Waals surface area contributed by atoms with Crippen LogP contribution in [-0.4, -0.2) is 34.8 Å². The van der Waals surface area contributed by atoms with Crippen molar-refractivity contribution in [3.63, 3.8) is 0 Å². The third-order valence-corrected chi connectivity index (χ3v) is 5.92. The van der Waals surface area contributed by atoms with E-state index in [1.165, 1.54) is 0 Å². The Hall–Kier alpha value is -0.720. The molecule has 0 radical (unpaired) electrons. The first kappa shape index (κ1) is 21.3. The summed E-state index contributed by atoms with van der Waals surface area (Å²) in [5.41, 5.74) is -0.378. The van der Waals surface area contributed by atoms with Crippen LogP contribution in [0.2, 0.25) is 0 Å². The molecule has 1 heterocycles. The minimum absolute atomic E-state index is 0.184. The van der Waals surface area contributed by atoms with Crippen molar-refractivity contribution in [3.8, 4) is 0 Å². The van der Waals surface area contributed by atoms with E-state index in [9.17, 15) is 0 Å². The van der Waals surface area contributed by atoms with Gasteiger partial charge in [0.1, 0.15) is 0 Å². The van der Waals surface area contributed by atoms with Crippen LogP contribution in [0.4, 0.5) is 0 Å². The first-order chi connectivity index (χ1) is 11.5. The van der Waals surface area contributed by atoms with E-state index < -0.39 is 0 Å². The Labute approximate surface area is 152 Å². The molecule has 138 valence electrons. The van der Waals surface area contributed by atoms with E-state index in [1.807, 2.05) is 14.1 Å². The number of nitrogens with one attached hydrogen (secondary N) is 2. The largest absolute Gasteiger partial charge is 0.308 e. The van der Waals surface area contributed by atoms with E-state index in [0.717, 1.165) is 54.7 Å². The fourth-order valence-corrected chi connectivity index (χ4v) is 3.86. The molecule has 0 saturated carbocycles. The van der Waals surface area contributed by atoms with Crippen molar-refractivity contribution in [2.24, 2.45) is 0 Å². The van der Waals surface area contributed by atoms with Crippen molar-refractivity contribution in [2.75, 3.05) is 19.8 Å². The molecule has 1 rings (SSSR count). The van der Waals surface area contributed by atoms with Gasteiger partial charge in [0.05, 0.1) is 11.1 Å². The van der Waals surface area contributed by atoms with Gasteiger partial charge in [0, 0.05) is 0 Å². The second-order valence-corrected chi connectivity index (χ2v) is 7.40. The Balaban J connectivity index is 3.55. The summed E-state index contributed by atoms with van der Waals surface area (Å²) < 4.78 is 0. The Kier molecular flexibility index (Phi) is 8.60. The van der Waals surface area contributed by atoms with Gasteiger partial charge in [-0.2, -0.15) is 0 Å². The highest BCUT2D eigenvalue weighted by Gasteiger charge is 2.36. The average molecular weight is 354 g/mol. The van der Waals surface area contributed by atoms with Crippen LogP contribution in [0, 0.1) is 0 Å². The van der Waals surface area contributed by atoms with Gasteiger partial charge >= 0.3 is 0 Å². The second kappa shape index (κ2) is 9.68. The SMILES string of the molecule is CCCC(CC)(NC)c1nc(SCC)nc(C(CC)(CC)NC)n1. The molecule has 0 amide bonds. The fourth-order valence-electron chi connectivity index (χ4n) is 3.30.